The maximum absolute atomic E-state index is 9.51. The van der Waals surface area contributed by atoms with Crippen LogP contribution in [0.1, 0.15) is 5.56 Å². The Morgan fingerprint density at radius 1 is 1.06 bits per heavy atom. The molecule has 84 valence electrons. The number of hydrogen-bond acceptors (Lipinski definition) is 3. The lowest BCUT2D eigenvalue weighted by atomic mass is 10.2. The summed E-state index contributed by atoms with van der Waals surface area (Å²) in [4.78, 5) is 4.11. The van der Waals surface area contributed by atoms with Gasteiger partial charge in [-0.3, -0.25) is 0 Å². The minimum atomic E-state index is 0. The monoisotopic (exact) mass is 297 g/mol. The molecular formula is C12H12BrNOS. The smallest absolute Gasteiger partial charge is 0.147 e. The van der Waals surface area contributed by atoms with E-state index in [-0.39, 0.29) is 22.7 Å². The number of hydrogen-bond donors (Lipinski definition) is 1. The van der Waals surface area contributed by atoms with Crippen LogP contribution >= 0.6 is 28.7 Å². The number of pyridine rings is 1. The van der Waals surface area contributed by atoms with E-state index < -0.39 is 0 Å². The molecule has 0 unspecified atom stereocenters. The summed E-state index contributed by atoms with van der Waals surface area (Å²) in [7, 11) is 0. The standard InChI is InChI=1S/C12H11NOS.BrH/c14-11-7-4-8-13-12(11)15-9-10-5-2-1-3-6-10;/h1-8,14H,9H2;1H. The lowest BCUT2D eigenvalue weighted by Crippen LogP contribution is -1.82. The second-order valence-electron chi connectivity index (χ2n) is 3.10. The average molecular weight is 298 g/mol. The predicted octanol–water partition coefficient (Wildman–Crippen LogP) is 3.66. The number of halogens is 1. The van der Waals surface area contributed by atoms with Crippen molar-refractivity contribution in [2.75, 3.05) is 0 Å². The number of nitrogens with zero attached hydrogens (tertiary/aromatic N) is 1. The molecule has 0 bridgehead atoms. The van der Waals surface area contributed by atoms with Gasteiger partial charge < -0.3 is 5.11 Å². The summed E-state index contributed by atoms with van der Waals surface area (Å²) in [5.74, 6) is 1.07. The first kappa shape index (κ1) is 13.1. The fraction of sp³-hybridized carbons (Fsp3) is 0.0833. The first-order valence-corrected chi connectivity index (χ1v) is 5.65. The van der Waals surface area contributed by atoms with Gasteiger partial charge in [-0.25, -0.2) is 4.98 Å². The Balaban J connectivity index is 0.00000128. The van der Waals surface area contributed by atoms with Gasteiger partial charge >= 0.3 is 0 Å². The van der Waals surface area contributed by atoms with Gasteiger partial charge in [0.25, 0.3) is 0 Å². The van der Waals surface area contributed by atoms with Crippen molar-refractivity contribution in [3.63, 3.8) is 0 Å². The second kappa shape index (κ2) is 6.55. The summed E-state index contributed by atoms with van der Waals surface area (Å²) >= 11 is 1.54. The maximum atomic E-state index is 9.51. The molecule has 0 amide bonds. The molecule has 0 saturated heterocycles. The molecule has 0 aliphatic heterocycles. The molecule has 0 atom stereocenters. The highest BCUT2D eigenvalue weighted by molar-refractivity contribution is 8.93. The molecule has 4 heteroatoms. The number of aromatic nitrogens is 1. The van der Waals surface area contributed by atoms with E-state index in [0.29, 0.717) is 5.03 Å². The third kappa shape index (κ3) is 3.54. The van der Waals surface area contributed by atoms with Crippen molar-refractivity contribution in [1.82, 2.24) is 4.98 Å². The van der Waals surface area contributed by atoms with E-state index in [1.54, 1.807) is 18.3 Å². The molecule has 1 aromatic heterocycles. The van der Waals surface area contributed by atoms with Crippen LogP contribution < -0.4 is 0 Å². The molecular weight excluding hydrogens is 286 g/mol. The first-order valence-electron chi connectivity index (χ1n) is 4.67. The summed E-state index contributed by atoms with van der Waals surface area (Å²) in [6, 6.07) is 13.5. The molecule has 1 N–H and O–H groups in total. The normalized spacial score (nSPS) is 9.50. The van der Waals surface area contributed by atoms with E-state index in [1.165, 1.54) is 17.3 Å². The van der Waals surface area contributed by atoms with Crippen LogP contribution in [0.2, 0.25) is 0 Å². The second-order valence-corrected chi connectivity index (χ2v) is 4.07. The summed E-state index contributed by atoms with van der Waals surface area (Å²) in [5.41, 5.74) is 1.23. The zero-order valence-corrected chi connectivity index (χ0v) is 11.1. The summed E-state index contributed by atoms with van der Waals surface area (Å²) in [6.07, 6.45) is 1.69. The van der Waals surface area contributed by atoms with Crippen molar-refractivity contribution in [2.45, 2.75) is 10.8 Å². The highest BCUT2D eigenvalue weighted by Crippen LogP contribution is 2.27. The van der Waals surface area contributed by atoms with E-state index >= 15 is 0 Å². The molecule has 2 aromatic rings. The zero-order chi connectivity index (χ0) is 10.5. The van der Waals surface area contributed by atoms with Crippen molar-refractivity contribution in [3.05, 3.63) is 54.2 Å². The third-order valence-corrected chi connectivity index (χ3v) is 3.04. The van der Waals surface area contributed by atoms with Crippen LogP contribution in [-0.4, -0.2) is 10.1 Å². The van der Waals surface area contributed by atoms with Crippen LogP contribution in [0.3, 0.4) is 0 Å². The van der Waals surface area contributed by atoms with Crippen LogP contribution in [0, 0.1) is 0 Å². The zero-order valence-electron chi connectivity index (χ0n) is 8.54. The van der Waals surface area contributed by atoms with Crippen molar-refractivity contribution in [2.24, 2.45) is 0 Å². The quantitative estimate of drug-likeness (QED) is 0.878. The van der Waals surface area contributed by atoms with Gasteiger partial charge in [0.05, 0.1) is 0 Å². The predicted molar refractivity (Wildman–Crippen MR) is 72.2 cm³/mol. The molecule has 0 saturated carbocycles. The van der Waals surface area contributed by atoms with Crippen molar-refractivity contribution in [3.8, 4) is 5.75 Å². The van der Waals surface area contributed by atoms with Crippen LogP contribution in [0.5, 0.6) is 5.75 Å². The van der Waals surface area contributed by atoms with Crippen LogP contribution in [-0.2, 0) is 5.75 Å². The van der Waals surface area contributed by atoms with Gasteiger partial charge in [-0.05, 0) is 17.7 Å². The third-order valence-electron chi connectivity index (χ3n) is 1.97. The number of thioether (sulfide) groups is 1. The van der Waals surface area contributed by atoms with Gasteiger partial charge in [-0.2, -0.15) is 0 Å². The van der Waals surface area contributed by atoms with Crippen molar-refractivity contribution in [1.29, 1.82) is 0 Å². The molecule has 0 aliphatic carbocycles. The lowest BCUT2D eigenvalue weighted by molar-refractivity contribution is 0.457. The van der Waals surface area contributed by atoms with Gasteiger partial charge in [0.1, 0.15) is 10.8 Å². The minimum Gasteiger partial charge on any atom is -0.505 e. The SMILES string of the molecule is Br.Oc1cccnc1SCc1ccccc1. The Labute approximate surface area is 110 Å². The molecule has 16 heavy (non-hydrogen) atoms. The average Bonchev–Trinajstić information content (AvgIpc) is 2.29. The highest BCUT2D eigenvalue weighted by atomic mass is 79.9. The topological polar surface area (TPSA) is 33.1 Å². The van der Waals surface area contributed by atoms with Gasteiger partial charge in [0.15, 0.2) is 0 Å². The van der Waals surface area contributed by atoms with Crippen molar-refractivity contribution < 1.29 is 5.11 Å². The Morgan fingerprint density at radius 2 is 1.81 bits per heavy atom. The molecule has 1 heterocycles. The van der Waals surface area contributed by atoms with E-state index in [9.17, 15) is 5.11 Å². The Bertz CT molecular complexity index is 436. The van der Waals surface area contributed by atoms with E-state index in [1.807, 2.05) is 18.2 Å². The Morgan fingerprint density at radius 3 is 2.50 bits per heavy atom. The van der Waals surface area contributed by atoms with Gasteiger partial charge in [-0.15, -0.1) is 17.0 Å². The first-order chi connectivity index (χ1) is 7.36. The fourth-order valence-corrected chi connectivity index (χ4v) is 2.07. The largest absolute Gasteiger partial charge is 0.505 e. The molecule has 0 radical (unpaired) electrons. The molecule has 2 rings (SSSR count). The van der Waals surface area contributed by atoms with Gasteiger partial charge in [-0.1, -0.05) is 42.1 Å². The van der Waals surface area contributed by atoms with E-state index in [0.717, 1.165) is 5.75 Å². The molecule has 0 aliphatic rings. The summed E-state index contributed by atoms with van der Waals surface area (Å²) < 4.78 is 0. The van der Waals surface area contributed by atoms with Crippen LogP contribution in [0.4, 0.5) is 0 Å². The highest BCUT2D eigenvalue weighted by Gasteiger charge is 2.01. The fourth-order valence-electron chi connectivity index (χ4n) is 1.22. The van der Waals surface area contributed by atoms with Crippen molar-refractivity contribution >= 4 is 28.7 Å². The maximum Gasteiger partial charge on any atom is 0.147 e. The van der Waals surface area contributed by atoms with Crippen LogP contribution in [0.15, 0.2) is 53.7 Å². The molecule has 2 nitrogen and oxygen atoms in total. The number of benzene rings is 1. The summed E-state index contributed by atoms with van der Waals surface area (Å²) in [5, 5.41) is 10.2. The molecule has 1 aromatic carbocycles. The van der Waals surface area contributed by atoms with Crippen LogP contribution in [0.25, 0.3) is 0 Å². The minimum absolute atomic E-state index is 0. The van der Waals surface area contributed by atoms with E-state index in [2.05, 4.69) is 17.1 Å². The van der Waals surface area contributed by atoms with Gasteiger partial charge in [0.2, 0.25) is 0 Å². The molecule has 0 spiro atoms. The lowest BCUT2D eigenvalue weighted by Gasteiger charge is -2.02. The van der Waals surface area contributed by atoms with Gasteiger partial charge in [0, 0.05) is 11.9 Å². The molecule has 0 fully saturated rings. The number of rotatable bonds is 3. The Kier molecular flexibility index (Phi) is 5.35. The summed E-state index contributed by atoms with van der Waals surface area (Å²) in [6.45, 7) is 0. The van der Waals surface area contributed by atoms with E-state index in [4.69, 9.17) is 0 Å². The Hall–Kier alpha value is -1.00. The number of aromatic hydroxyl groups is 1.